The van der Waals surface area contributed by atoms with E-state index in [2.05, 4.69) is 5.32 Å². The molecule has 1 fully saturated rings. The summed E-state index contributed by atoms with van der Waals surface area (Å²) in [5.74, 6) is -0.484. The van der Waals surface area contributed by atoms with Crippen LogP contribution >= 0.6 is 47.0 Å². The van der Waals surface area contributed by atoms with Gasteiger partial charge in [-0.25, -0.2) is 0 Å². The van der Waals surface area contributed by atoms with E-state index in [9.17, 15) is 9.59 Å². The summed E-state index contributed by atoms with van der Waals surface area (Å²) in [7, 11) is 1.47. The molecule has 2 aromatic carbocycles. The van der Waals surface area contributed by atoms with Gasteiger partial charge in [-0.1, -0.05) is 40.9 Å². The molecule has 0 radical (unpaired) electrons. The van der Waals surface area contributed by atoms with E-state index in [1.807, 2.05) is 6.92 Å². The number of carbonyl (C=O) groups is 2. The van der Waals surface area contributed by atoms with E-state index in [-0.39, 0.29) is 31.4 Å². The van der Waals surface area contributed by atoms with E-state index >= 15 is 0 Å². The predicted octanol–water partition coefficient (Wildman–Crippen LogP) is 4.89. The number of methoxy groups -OCH3 is 1. The highest BCUT2D eigenvalue weighted by Gasteiger charge is 2.36. The molecule has 2 aromatic rings. The van der Waals surface area contributed by atoms with Crippen LogP contribution in [0.3, 0.4) is 0 Å². The zero-order chi connectivity index (χ0) is 22.0. The fourth-order valence-corrected chi connectivity index (χ4v) is 3.65. The molecule has 10 heteroatoms. The molecule has 1 heterocycles. The van der Waals surface area contributed by atoms with E-state index in [4.69, 9.17) is 56.5 Å². The molecule has 6 nitrogen and oxygen atoms in total. The quantitative estimate of drug-likeness (QED) is 0.371. The van der Waals surface area contributed by atoms with Gasteiger partial charge in [-0.15, -0.1) is 0 Å². The number of benzene rings is 2. The molecule has 1 N–H and O–H groups in total. The average molecular weight is 486 g/mol. The fourth-order valence-electron chi connectivity index (χ4n) is 2.79. The first-order valence-corrected chi connectivity index (χ1v) is 10.2. The van der Waals surface area contributed by atoms with Crippen molar-refractivity contribution in [3.8, 4) is 11.5 Å². The number of nitrogens with zero attached hydrogens (tertiary/aromatic N) is 1. The minimum absolute atomic E-state index is 0.110. The van der Waals surface area contributed by atoms with Gasteiger partial charge in [-0.05, 0) is 49.0 Å². The summed E-state index contributed by atoms with van der Waals surface area (Å²) in [6.07, 6.45) is 1.35. The second-order valence-electron chi connectivity index (χ2n) is 5.99. The van der Waals surface area contributed by atoms with Crippen molar-refractivity contribution >= 4 is 75.7 Å². The summed E-state index contributed by atoms with van der Waals surface area (Å²) in [5.41, 5.74) is 0.452. The zero-order valence-electron chi connectivity index (χ0n) is 15.8. The van der Waals surface area contributed by atoms with E-state index in [0.717, 1.165) is 4.90 Å². The van der Waals surface area contributed by atoms with E-state index in [1.54, 1.807) is 30.3 Å². The Morgan fingerprint density at radius 3 is 2.53 bits per heavy atom. The Balaban J connectivity index is 2.08. The van der Waals surface area contributed by atoms with Crippen molar-refractivity contribution in [2.45, 2.75) is 6.92 Å². The Bertz CT molecular complexity index is 1090. The first-order valence-electron chi connectivity index (χ1n) is 8.64. The Kier molecular flexibility index (Phi) is 6.88. The van der Waals surface area contributed by atoms with Crippen LogP contribution < -0.4 is 19.7 Å². The predicted molar refractivity (Wildman–Crippen MR) is 122 cm³/mol. The number of rotatable bonds is 5. The largest absolute Gasteiger partial charge is 0.493 e. The van der Waals surface area contributed by atoms with Crippen LogP contribution in [-0.4, -0.2) is 30.6 Å². The number of hydrogen-bond donors (Lipinski definition) is 1. The molecule has 1 aliphatic rings. The van der Waals surface area contributed by atoms with E-state index in [1.165, 1.54) is 13.2 Å². The van der Waals surface area contributed by atoms with Crippen LogP contribution in [-0.2, 0) is 9.59 Å². The van der Waals surface area contributed by atoms with Crippen molar-refractivity contribution in [1.82, 2.24) is 5.32 Å². The lowest BCUT2D eigenvalue weighted by atomic mass is 10.1. The third kappa shape index (κ3) is 4.25. The third-order valence-corrected chi connectivity index (χ3v) is 5.58. The van der Waals surface area contributed by atoms with Gasteiger partial charge in [0.25, 0.3) is 11.8 Å². The molecule has 3 rings (SSSR count). The van der Waals surface area contributed by atoms with Gasteiger partial charge in [0, 0.05) is 6.07 Å². The lowest BCUT2D eigenvalue weighted by molar-refractivity contribution is -0.122. The molecule has 0 atom stereocenters. The number of amides is 2. The highest BCUT2D eigenvalue weighted by Crippen LogP contribution is 2.36. The number of carbonyl (C=O) groups excluding carboxylic acids is 2. The maximum Gasteiger partial charge on any atom is 0.270 e. The molecule has 0 aromatic heterocycles. The van der Waals surface area contributed by atoms with Gasteiger partial charge in [-0.3, -0.25) is 19.8 Å². The van der Waals surface area contributed by atoms with Gasteiger partial charge in [-0.2, -0.15) is 0 Å². The molecule has 0 saturated carbocycles. The van der Waals surface area contributed by atoms with Crippen LogP contribution in [0.2, 0.25) is 15.1 Å². The summed E-state index contributed by atoms with van der Waals surface area (Å²) >= 11 is 23.8. The number of hydrogen-bond acceptors (Lipinski definition) is 5. The molecule has 2 amide bonds. The van der Waals surface area contributed by atoms with Crippen molar-refractivity contribution in [2.24, 2.45) is 0 Å². The molecular weight excluding hydrogens is 471 g/mol. The molecule has 30 heavy (non-hydrogen) atoms. The monoisotopic (exact) mass is 484 g/mol. The van der Waals surface area contributed by atoms with Crippen molar-refractivity contribution in [3.63, 3.8) is 0 Å². The second kappa shape index (κ2) is 9.22. The Morgan fingerprint density at radius 1 is 1.13 bits per heavy atom. The van der Waals surface area contributed by atoms with Gasteiger partial charge < -0.3 is 9.47 Å². The molecule has 0 bridgehead atoms. The summed E-state index contributed by atoms with van der Waals surface area (Å²) in [5, 5.41) is 3.02. The molecular formula is C20H15Cl3N2O4S. The summed E-state index contributed by atoms with van der Waals surface area (Å²) < 4.78 is 10.8. The summed E-state index contributed by atoms with van der Waals surface area (Å²) in [6.45, 7) is 2.24. The summed E-state index contributed by atoms with van der Waals surface area (Å²) in [6, 6.07) is 7.89. The zero-order valence-corrected chi connectivity index (χ0v) is 18.9. The molecule has 1 saturated heterocycles. The number of ether oxygens (including phenoxy) is 2. The van der Waals surface area contributed by atoms with E-state index < -0.39 is 11.8 Å². The van der Waals surface area contributed by atoms with Crippen LogP contribution in [0.4, 0.5) is 5.69 Å². The topological polar surface area (TPSA) is 67.9 Å². The van der Waals surface area contributed by atoms with Crippen LogP contribution in [0.25, 0.3) is 6.08 Å². The lowest BCUT2D eigenvalue weighted by Gasteiger charge is -2.29. The van der Waals surface area contributed by atoms with Crippen LogP contribution in [0.15, 0.2) is 35.9 Å². The van der Waals surface area contributed by atoms with Gasteiger partial charge in [0.1, 0.15) is 5.57 Å². The SMILES string of the molecule is CCOc1cc(Cl)c(/C=C2\C(=O)NC(=S)N(c3cccc(Cl)c3Cl)C2=O)cc1OC. The van der Waals surface area contributed by atoms with Crippen molar-refractivity contribution in [2.75, 3.05) is 18.6 Å². The van der Waals surface area contributed by atoms with Gasteiger partial charge in [0.15, 0.2) is 16.6 Å². The molecule has 0 spiro atoms. The van der Waals surface area contributed by atoms with Crippen LogP contribution in [0.5, 0.6) is 11.5 Å². The molecule has 1 aliphatic heterocycles. The first-order chi connectivity index (χ1) is 14.3. The second-order valence-corrected chi connectivity index (χ2v) is 7.57. The molecule has 156 valence electrons. The van der Waals surface area contributed by atoms with Gasteiger partial charge in [0.05, 0.1) is 34.5 Å². The van der Waals surface area contributed by atoms with Crippen molar-refractivity contribution in [1.29, 1.82) is 0 Å². The van der Waals surface area contributed by atoms with Crippen molar-refractivity contribution in [3.05, 3.63) is 56.5 Å². The Morgan fingerprint density at radius 2 is 1.87 bits per heavy atom. The smallest absolute Gasteiger partial charge is 0.270 e. The Hall–Kier alpha value is -2.32. The normalized spacial score (nSPS) is 15.4. The van der Waals surface area contributed by atoms with Crippen LogP contribution in [0, 0.1) is 0 Å². The van der Waals surface area contributed by atoms with Crippen LogP contribution in [0.1, 0.15) is 12.5 Å². The number of anilines is 1. The standard InChI is InChI=1S/C20H15Cl3N2O4S/c1-3-29-16-9-13(22)10(8-15(16)28-2)7-11-18(26)24-20(30)25(19(11)27)14-6-4-5-12(21)17(14)23/h4-9H,3H2,1-2H3,(H,24,26,30)/b11-7+. The fraction of sp³-hybridized carbons (Fsp3) is 0.150. The highest BCUT2D eigenvalue weighted by atomic mass is 35.5. The minimum Gasteiger partial charge on any atom is -0.493 e. The molecule has 0 unspecified atom stereocenters. The number of thiocarbonyl (C=S) groups is 1. The minimum atomic E-state index is -0.670. The Labute approximate surface area is 193 Å². The average Bonchev–Trinajstić information content (AvgIpc) is 2.69. The van der Waals surface area contributed by atoms with Gasteiger partial charge in [0.2, 0.25) is 0 Å². The maximum absolute atomic E-state index is 13.2. The highest BCUT2D eigenvalue weighted by molar-refractivity contribution is 7.80. The third-order valence-electron chi connectivity index (χ3n) is 4.16. The van der Waals surface area contributed by atoms with Crippen molar-refractivity contribution < 1.29 is 19.1 Å². The first kappa shape index (κ1) is 22.4. The van der Waals surface area contributed by atoms with E-state index in [0.29, 0.717) is 23.7 Å². The summed E-state index contributed by atoms with van der Waals surface area (Å²) in [4.78, 5) is 26.8. The lowest BCUT2D eigenvalue weighted by Crippen LogP contribution is -2.54. The molecule has 0 aliphatic carbocycles. The van der Waals surface area contributed by atoms with Gasteiger partial charge >= 0.3 is 0 Å². The number of halogens is 3. The number of nitrogens with one attached hydrogen (secondary N) is 1. The maximum atomic E-state index is 13.2.